The second kappa shape index (κ2) is 3.52. The van der Waals surface area contributed by atoms with Gasteiger partial charge in [0.05, 0.1) is 0 Å². The van der Waals surface area contributed by atoms with Gasteiger partial charge in [-0.25, -0.2) is 0 Å². The molecule has 0 aromatic heterocycles. The smallest absolute Gasteiger partial charge is 0.303 e. The number of carbonyl (C=O) groups excluding carboxylic acids is 2. The van der Waals surface area contributed by atoms with E-state index in [-0.39, 0.29) is 17.9 Å². The van der Waals surface area contributed by atoms with E-state index in [0.717, 1.165) is 5.57 Å². The van der Waals surface area contributed by atoms with E-state index in [2.05, 4.69) is 0 Å². The molecule has 3 heteroatoms. The molecule has 0 aliphatic heterocycles. The molecule has 0 unspecified atom stereocenters. The van der Waals surface area contributed by atoms with E-state index >= 15 is 0 Å². The number of hydrogen-bond donors (Lipinski definition) is 0. The van der Waals surface area contributed by atoms with Crippen LogP contribution in [0.25, 0.3) is 0 Å². The van der Waals surface area contributed by atoms with E-state index in [0.29, 0.717) is 12.8 Å². The molecular formula is C9H12O3. The molecule has 1 atom stereocenters. The van der Waals surface area contributed by atoms with Crippen LogP contribution in [0.15, 0.2) is 11.6 Å². The summed E-state index contributed by atoms with van der Waals surface area (Å²) in [7, 11) is 0. The first-order chi connectivity index (χ1) is 5.59. The molecule has 1 aliphatic carbocycles. The zero-order valence-electron chi connectivity index (χ0n) is 7.29. The van der Waals surface area contributed by atoms with Gasteiger partial charge in [0, 0.05) is 13.3 Å². The van der Waals surface area contributed by atoms with Gasteiger partial charge >= 0.3 is 5.97 Å². The van der Waals surface area contributed by atoms with Crippen molar-refractivity contribution in [1.82, 2.24) is 0 Å². The lowest BCUT2D eigenvalue weighted by molar-refractivity contribution is -0.145. The Morgan fingerprint density at radius 2 is 2.33 bits per heavy atom. The second-order valence-electron chi connectivity index (χ2n) is 2.99. The third kappa shape index (κ3) is 2.19. The van der Waals surface area contributed by atoms with Crippen LogP contribution in [0.3, 0.4) is 0 Å². The topological polar surface area (TPSA) is 43.4 Å². The zero-order chi connectivity index (χ0) is 9.14. The molecule has 0 amide bonds. The third-order valence-electron chi connectivity index (χ3n) is 1.86. The predicted octanol–water partition coefficient (Wildman–Crippen LogP) is 1.23. The van der Waals surface area contributed by atoms with Crippen LogP contribution in [0.1, 0.15) is 26.7 Å². The molecule has 66 valence electrons. The zero-order valence-corrected chi connectivity index (χ0v) is 7.29. The highest BCUT2D eigenvalue weighted by molar-refractivity contribution is 5.91. The summed E-state index contributed by atoms with van der Waals surface area (Å²) >= 11 is 0. The van der Waals surface area contributed by atoms with Crippen LogP contribution in [-0.4, -0.2) is 17.9 Å². The standard InChI is InChI=1S/C9H12O3/c1-6-5-8(11)3-4-9(6)12-7(2)10/h5,9H,3-4H2,1-2H3/t9-/m1/s1. The summed E-state index contributed by atoms with van der Waals surface area (Å²) < 4.78 is 4.99. The summed E-state index contributed by atoms with van der Waals surface area (Å²) in [5.74, 6) is -0.169. The monoisotopic (exact) mass is 168 g/mol. The summed E-state index contributed by atoms with van der Waals surface area (Å²) in [5, 5.41) is 0. The first kappa shape index (κ1) is 8.97. The Hall–Kier alpha value is -1.12. The summed E-state index contributed by atoms with van der Waals surface area (Å²) in [5.41, 5.74) is 0.849. The number of carbonyl (C=O) groups is 2. The molecule has 0 spiro atoms. The third-order valence-corrected chi connectivity index (χ3v) is 1.86. The van der Waals surface area contributed by atoms with Crippen LogP contribution in [0.2, 0.25) is 0 Å². The van der Waals surface area contributed by atoms with E-state index in [4.69, 9.17) is 4.74 Å². The molecule has 0 fully saturated rings. The molecule has 1 rings (SSSR count). The highest BCUT2D eigenvalue weighted by Gasteiger charge is 2.20. The van der Waals surface area contributed by atoms with E-state index in [1.165, 1.54) is 6.92 Å². The Balaban J connectivity index is 2.62. The Kier molecular flexibility index (Phi) is 2.63. The number of rotatable bonds is 1. The molecule has 1 aliphatic rings. The van der Waals surface area contributed by atoms with Crippen molar-refractivity contribution in [2.24, 2.45) is 0 Å². The molecule has 0 radical (unpaired) electrons. The molecule has 0 saturated carbocycles. The second-order valence-corrected chi connectivity index (χ2v) is 2.99. The number of ketones is 1. The van der Waals surface area contributed by atoms with Crippen LogP contribution in [-0.2, 0) is 14.3 Å². The van der Waals surface area contributed by atoms with Gasteiger partial charge < -0.3 is 4.74 Å². The summed E-state index contributed by atoms with van der Waals surface area (Å²) in [4.78, 5) is 21.5. The number of allylic oxidation sites excluding steroid dienone is 1. The van der Waals surface area contributed by atoms with Gasteiger partial charge in [0.25, 0.3) is 0 Å². The summed E-state index contributed by atoms with van der Waals surface area (Å²) in [6.45, 7) is 3.19. The van der Waals surface area contributed by atoms with Crippen LogP contribution < -0.4 is 0 Å². The average molecular weight is 168 g/mol. The molecule has 0 aromatic rings. The van der Waals surface area contributed by atoms with Gasteiger partial charge in [-0.05, 0) is 25.0 Å². The normalized spacial score (nSPS) is 23.3. The highest BCUT2D eigenvalue weighted by Crippen LogP contribution is 2.18. The average Bonchev–Trinajstić information content (AvgIpc) is 1.94. The minimum atomic E-state index is -0.290. The fourth-order valence-corrected chi connectivity index (χ4v) is 1.27. The summed E-state index contributed by atoms with van der Waals surface area (Å²) in [6, 6.07) is 0. The van der Waals surface area contributed by atoms with Crippen LogP contribution >= 0.6 is 0 Å². The maximum Gasteiger partial charge on any atom is 0.303 e. The van der Waals surface area contributed by atoms with Crippen molar-refractivity contribution >= 4 is 11.8 Å². The van der Waals surface area contributed by atoms with E-state index in [1.54, 1.807) is 6.08 Å². The van der Waals surface area contributed by atoms with Gasteiger partial charge in [-0.15, -0.1) is 0 Å². The van der Waals surface area contributed by atoms with Gasteiger partial charge in [-0.2, -0.15) is 0 Å². The minimum Gasteiger partial charge on any atom is -0.458 e. The minimum absolute atomic E-state index is 0.121. The first-order valence-corrected chi connectivity index (χ1v) is 3.98. The van der Waals surface area contributed by atoms with Gasteiger partial charge in [-0.3, -0.25) is 9.59 Å². The number of hydrogen-bond acceptors (Lipinski definition) is 3. The fourth-order valence-electron chi connectivity index (χ4n) is 1.27. The van der Waals surface area contributed by atoms with Crippen molar-refractivity contribution < 1.29 is 14.3 Å². The largest absolute Gasteiger partial charge is 0.458 e. The van der Waals surface area contributed by atoms with Crippen LogP contribution in [0.5, 0.6) is 0 Å². The van der Waals surface area contributed by atoms with Crippen molar-refractivity contribution in [3.05, 3.63) is 11.6 Å². The van der Waals surface area contributed by atoms with Gasteiger partial charge in [-0.1, -0.05) is 0 Å². The first-order valence-electron chi connectivity index (χ1n) is 3.98. The van der Waals surface area contributed by atoms with Crippen LogP contribution in [0, 0.1) is 0 Å². The maximum absolute atomic E-state index is 10.9. The van der Waals surface area contributed by atoms with Gasteiger partial charge in [0.15, 0.2) is 5.78 Å². The highest BCUT2D eigenvalue weighted by atomic mass is 16.5. The lowest BCUT2D eigenvalue weighted by Gasteiger charge is -2.20. The quantitative estimate of drug-likeness (QED) is 0.553. The molecule has 0 N–H and O–H groups in total. The van der Waals surface area contributed by atoms with Gasteiger partial charge in [0.2, 0.25) is 0 Å². The Morgan fingerprint density at radius 3 is 2.83 bits per heavy atom. The van der Waals surface area contributed by atoms with Crippen molar-refractivity contribution in [1.29, 1.82) is 0 Å². The Bertz CT molecular complexity index is 240. The van der Waals surface area contributed by atoms with Crippen LogP contribution in [0.4, 0.5) is 0 Å². The van der Waals surface area contributed by atoms with Gasteiger partial charge in [0.1, 0.15) is 6.10 Å². The van der Waals surface area contributed by atoms with Crippen molar-refractivity contribution in [2.45, 2.75) is 32.8 Å². The van der Waals surface area contributed by atoms with E-state index < -0.39 is 0 Å². The molecule has 3 nitrogen and oxygen atoms in total. The Morgan fingerprint density at radius 1 is 1.67 bits per heavy atom. The lowest BCUT2D eigenvalue weighted by atomic mass is 9.97. The predicted molar refractivity (Wildman–Crippen MR) is 43.6 cm³/mol. The number of esters is 1. The molecule has 0 bridgehead atoms. The lowest BCUT2D eigenvalue weighted by Crippen LogP contribution is -2.22. The molecule has 0 aromatic carbocycles. The van der Waals surface area contributed by atoms with Crippen molar-refractivity contribution in [3.63, 3.8) is 0 Å². The molecule has 0 heterocycles. The van der Waals surface area contributed by atoms with Crippen molar-refractivity contribution in [2.75, 3.05) is 0 Å². The SMILES string of the molecule is CC(=O)O[C@@H]1CCC(=O)C=C1C. The fraction of sp³-hybridized carbons (Fsp3) is 0.556. The van der Waals surface area contributed by atoms with Crippen molar-refractivity contribution in [3.8, 4) is 0 Å². The molecule has 12 heavy (non-hydrogen) atoms. The van der Waals surface area contributed by atoms with E-state index in [1.807, 2.05) is 6.92 Å². The van der Waals surface area contributed by atoms with E-state index in [9.17, 15) is 9.59 Å². The summed E-state index contributed by atoms with van der Waals surface area (Å²) in [6.07, 6.45) is 2.48. The molecule has 0 saturated heterocycles. The number of ether oxygens (including phenoxy) is 1. The Labute approximate surface area is 71.4 Å². The maximum atomic E-state index is 10.9. The molecular weight excluding hydrogens is 156 g/mol.